The number of thiazole rings is 1. The average Bonchev–Trinajstić information content (AvgIpc) is 2.95. The number of nitrogens with zero attached hydrogens (tertiary/aromatic N) is 4. The molecule has 2 aromatic rings. The molecule has 98 valence electrons. The summed E-state index contributed by atoms with van der Waals surface area (Å²) in [5.41, 5.74) is 0.937. The molecule has 18 heavy (non-hydrogen) atoms. The van der Waals surface area contributed by atoms with Crippen LogP contribution in [0.5, 0.6) is 0 Å². The van der Waals surface area contributed by atoms with Crippen LogP contribution in [0.25, 0.3) is 0 Å². The fourth-order valence-corrected chi connectivity index (χ4v) is 2.31. The second-order valence-electron chi connectivity index (χ2n) is 3.92. The van der Waals surface area contributed by atoms with E-state index in [1.54, 1.807) is 18.4 Å². The van der Waals surface area contributed by atoms with Crippen molar-refractivity contribution in [2.24, 2.45) is 0 Å². The van der Waals surface area contributed by atoms with E-state index in [1.807, 2.05) is 24.0 Å². The summed E-state index contributed by atoms with van der Waals surface area (Å²) in [7, 11) is 1.69. The van der Waals surface area contributed by atoms with Crippen LogP contribution in [0.15, 0.2) is 12.4 Å². The summed E-state index contributed by atoms with van der Waals surface area (Å²) >= 11 is 1.68. The number of ether oxygens (including phenoxy) is 1. The minimum absolute atomic E-state index is 0.703. The molecule has 0 aliphatic rings. The number of methoxy groups -OCH3 is 1. The minimum atomic E-state index is 0.703. The van der Waals surface area contributed by atoms with E-state index in [2.05, 4.69) is 20.6 Å². The number of hydrogen-bond acceptors (Lipinski definition) is 6. The lowest BCUT2D eigenvalue weighted by Crippen LogP contribution is -2.18. The molecule has 2 aromatic heterocycles. The van der Waals surface area contributed by atoms with Gasteiger partial charge in [0.1, 0.15) is 0 Å². The van der Waals surface area contributed by atoms with Gasteiger partial charge < -0.3 is 10.1 Å². The van der Waals surface area contributed by atoms with Crippen LogP contribution in [-0.4, -0.2) is 40.2 Å². The summed E-state index contributed by atoms with van der Waals surface area (Å²) in [5.74, 6) is 0. The Kier molecular flexibility index (Phi) is 4.80. The normalized spacial score (nSPS) is 11.0. The van der Waals surface area contributed by atoms with Gasteiger partial charge in [-0.05, 0) is 6.92 Å². The van der Waals surface area contributed by atoms with E-state index >= 15 is 0 Å². The third-order valence-corrected chi connectivity index (χ3v) is 3.26. The molecule has 0 fully saturated rings. The molecule has 2 rings (SSSR count). The van der Waals surface area contributed by atoms with Crippen LogP contribution >= 0.6 is 11.3 Å². The molecule has 0 aliphatic carbocycles. The second-order valence-corrected chi connectivity index (χ2v) is 5.24. The van der Waals surface area contributed by atoms with E-state index in [-0.39, 0.29) is 0 Å². The lowest BCUT2D eigenvalue weighted by Gasteiger charge is -1.99. The molecule has 0 aliphatic heterocycles. The highest BCUT2D eigenvalue weighted by atomic mass is 32.1. The first-order valence-electron chi connectivity index (χ1n) is 5.78. The average molecular weight is 267 g/mol. The maximum absolute atomic E-state index is 4.96. The highest BCUT2D eigenvalue weighted by Crippen LogP contribution is 2.12. The van der Waals surface area contributed by atoms with Crippen LogP contribution in [0.1, 0.15) is 15.6 Å². The number of nitrogens with one attached hydrogen (secondary N) is 1. The first-order chi connectivity index (χ1) is 8.78. The van der Waals surface area contributed by atoms with Crippen molar-refractivity contribution in [2.45, 2.75) is 20.0 Å². The van der Waals surface area contributed by atoms with Gasteiger partial charge >= 0.3 is 0 Å². The van der Waals surface area contributed by atoms with Crippen LogP contribution < -0.4 is 5.32 Å². The lowest BCUT2D eigenvalue weighted by atomic mass is 10.4. The molecule has 0 saturated heterocycles. The van der Waals surface area contributed by atoms with Gasteiger partial charge in [-0.3, -0.25) is 0 Å². The topological polar surface area (TPSA) is 64.9 Å². The highest BCUT2D eigenvalue weighted by Gasteiger charge is 2.03. The smallest absolute Gasteiger partial charge is 0.0965 e. The summed E-state index contributed by atoms with van der Waals surface area (Å²) in [6.45, 7) is 4.97. The standard InChI is InChI=1S/C11H17N5OS/c1-9-13-6-11(18-9)8-16-7-10(14-15-16)5-12-3-4-17-2/h6-7,12H,3-5,8H2,1-2H3. The summed E-state index contributed by atoms with van der Waals surface area (Å²) < 4.78 is 6.79. The molecule has 0 bridgehead atoms. The zero-order valence-electron chi connectivity index (χ0n) is 10.6. The number of aromatic nitrogens is 4. The highest BCUT2D eigenvalue weighted by molar-refractivity contribution is 7.11. The van der Waals surface area contributed by atoms with Gasteiger partial charge in [-0.1, -0.05) is 5.21 Å². The van der Waals surface area contributed by atoms with Gasteiger partial charge in [-0.2, -0.15) is 0 Å². The van der Waals surface area contributed by atoms with E-state index in [9.17, 15) is 0 Å². The molecular weight excluding hydrogens is 250 g/mol. The van der Waals surface area contributed by atoms with E-state index in [1.165, 1.54) is 4.88 Å². The van der Waals surface area contributed by atoms with Crippen molar-refractivity contribution in [3.05, 3.63) is 28.0 Å². The monoisotopic (exact) mass is 267 g/mol. The largest absolute Gasteiger partial charge is 0.383 e. The number of rotatable bonds is 7. The lowest BCUT2D eigenvalue weighted by molar-refractivity contribution is 0.199. The first-order valence-corrected chi connectivity index (χ1v) is 6.59. The Labute approximate surface area is 110 Å². The Balaban J connectivity index is 1.82. The van der Waals surface area contributed by atoms with Crippen molar-refractivity contribution < 1.29 is 4.74 Å². The van der Waals surface area contributed by atoms with Crippen molar-refractivity contribution in [2.75, 3.05) is 20.3 Å². The van der Waals surface area contributed by atoms with E-state index in [0.717, 1.165) is 23.8 Å². The van der Waals surface area contributed by atoms with Gasteiger partial charge in [0.2, 0.25) is 0 Å². The van der Waals surface area contributed by atoms with Crippen molar-refractivity contribution in [1.82, 2.24) is 25.3 Å². The summed E-state index contributed by atoms with van der Waals surface area (Å²) in [4.78, 5) is 5.41. The zero-order valence-corrected chi connectivity index (χ0v) is 11.4. The zero-order chi connectivity index (χ0) is 12.8. The fraction of sp³-hybridized carbons (Fsp3) is 0.545. The van der Waals surface area contributed by atoms with E-state index in [0.29, 0.717) is 13.2 Å². The summed E-state index contributed by atoms with van der Waals surface area (Å²) in [6, 6.07) is 0. The Bertz CT molecular complexity index is 481. The molecule has 0 aromatic carbocycles. The van der Waals surface area contributed by atoms with Crippen LogP contribution in [0.2, 0.25) is 0 Å². The number of hydrogen-bond donors (Lipinski definition) is 1. The Morgan fingerprint density at radius 1 is 1.50 bits per heavy atom. The fourth-order valence-electron chi connectivity index (χ4n) is 1.53. The maximum Gasteiger partial charge on any atom is 0.0965 e. The Morgan fingerprint density at radius 2 is 2.39 bits per heavy atom. The molecule has 0 atom stereocenters. The van der Waals surface area contributed by atoms with Gasteiger partial charge in [-0.15, -0.1) is 16.4 Å². The molecule has 0 radical (unpaired) electrons. The molecule has 0 spiro atoms. The molecule has 7 heteroatoms. The Morgan fingerprint density at radius 3 is 3.11 bits per heavy atom. The van der Waals surface area contributed by atoms with Crippen LogP contribution in [-0.2, 0) is 17.8 Å². The molecule has 6 nitrogen and oxygen atoms in total. The van der Waals surface area contributed by atoms with Crippen LogP contribution in [0.4, 0.5) is 0 Å². The van der Waals surface area contributed by atoms with Crippen molar-refractivity contribution in [3.8, 4) is 0 Å². The predicted octanol–water partition coefficient (Wildman–Crippen LogP) is 0.827. The predicted molar refractivity (Wildman–Crippen MR) is 69.6 cm³/mol. The summed E-state index contributed by atoms with van der Waals surface area (Å²) in [6.07, 6.45) is 3.84. The third kappa shape index (κ3) is 3.86. The Hall–Kier alpha value is -1.31. The molecule has 0 unspecified atom stereocenters. The van der Waals surface area contributed by atoms with Crippen LogP contribution in [0.3, 0.4) is 0 Å². The number of aryl methyl sites for hydroxylation is 1. The second kappa shape index (κ2) is 6.58. The minimum Gasteiger partial charge on any atom is -0.383 e. The molecule has 0 saturated carbocycles. The van der Waals surface area contributed by atoms with Crippen molar-refractivity contribution in [1.29, 1.82) is 0 Å². The van der Waals surface area contributed by atoms with Crippen molar-refractivity contribution >= 4 is 11.3 Å². The SMILES string of the molecule is COCCNCc1cn(Cc2cnc(C)s2)nn1. The molecular formula is C11H17N5OS. The van der Waals surface area contributed by atoms with Gasteiger partial charge in [-0.25, -0.2) is 9.67 Å². The molecule has 1 N–H and O–H groups in total. The van der Waals surface area contributed by atoms with Gasteiger partial charge in [0.25, 0.3) is 0 Å². The first kappa shape index (κ1) is 13.1. The quantitative estimate of drug-likeness (QED) is 0.753. The van der Waals surface area contributed by atoms with Crippen molar-refractivity contribution in [3.63, 3.8) is 0 Å². The van der Waals surface area contributed by atoms with Crippen LogP contribution in [0, 0.1) is 6.92 Å². The van der Waals surface area contributed by atoms with Gasteiger partial charge in [0.05, 0.1) is 30.1 Å². The molecule has 0 amide bonds. The molecule has 2 heterocycles. The van der Waals surface area contributed by atoms with E-state index < -0.39 is 0 Å². The van der Waals surface area contributed by atoms with E-state index in [4.69, 9.17) is 4.74 Å². The van der Waals surface area contributed by atoms with Gasteiger partial charge in [0.15, 0.2) is 0 Å². The van der Waals surface area contributed by atoms with Gasteiger partial charge in [0, 0.05) is 31.3 Å². The maximum atomic E-state index is 4.96. The summed E-state index contributed by atoms with van der Waals surface area (Å²) in [5, 5.41) is 12.5. The third-order valence-electron chi connectivity index (χ3n) is 2.36.